The summed E-state index contributed by atoms with van der Waals surface area (Å²) < 4.78 is 0. The number of benzene rings is 1. The lowest BCUT2D eigenvalue weighted by Gasteiger charge is -2.35. The number of carbonyl (C=O) groups is 2. The Morgan fingerprint density at radius 2 is 1.91 bits per heavy atom. The summed E-state index contributed by atoms with van der Waals surface area (Å²) in [5.41, 5.74) is 2.45. The van der Waals surface area contributed by atoms with Crippen LogP contribution in [0.3, 0.4) is 0 Å². The first kappa shape index (κ1) is 17.8. The Morgan fingerprint density at radius 1 is 1.22 bits per heavy atom. The van der Waals surface area contributed by atoms with E-state index in [9.17, 15) is 9.59 Å². The quantitative estimate of drug-likeness (QED) is 0.918. The Labute approximate surface area is 143 Å². The van der Waals surface area contributed by atoms with Crippen LogP contribution in [0.5, 0.6) is 0 Å². The largest absolute Gasteiger partial charge is 0.336 e. The summed E-state index contributed by atoms with van der Waals surface area (Å²) in [6, 6.07) is 5.51. The van der Waals surface area contributed by atoms with Gasteiger partial charge in [0.05, 0.1) is 6.42 Å². The number of hydrogen-bond donors (Lipinski definition) is 1. The number of fused-ring (bicyclic) bond motifs is 1. The van der Waals surface area contributed by atoms with Gasteiger partial charge in [0.2, 0.25) is 5.91 Å². The van der Waals surface area contributed by atoms with E-state index in [4.69, 9.17) is 0 Å². The molecule has 1 N–H and O–H groups in total. The molecule has 1 saturated heterocycles. The zero-order chi connectivity index (χ0) is 15.7. The molecular weight excluding hydrogens is 314 g/mol. The molecule has 0 atom stereocenters. The highest BCUT2D eigenvalue weighted by atomic mass is 35.5. The fourth-order valence-electron chi connectivity index (χ4n) is 3.19. The molecule has 0 unspecified atom stereocenters. The predicted molar refractivity (Wildman–Crippen MR) is 93.2 cm³/mol. The molecule has 0 spiro atoms. The van der Waals surface area contributed by atoms with Crippen molar-refractivity contribution in [1.82, 2.24) is 9.80 Å². The molecular formula is C17H24ClN3O2. The molecule has 2 heterocycles. The summed E-state index contributed by atoms with van der Waals surface area (Å²) in [5, 5.41) is 2.80. The van der Waals surface area contributed by atoms with E-state index < -0.39 is 0 Å². The summed E-state index contributed by atoms with van der Waals surface area (Å²) in [6.07, 6.45) is 0.374. The van der Waals surface area contributed by atoms with Gasteiger partial charge in [-0.3, -0.25) is 14.5 Å². The van der Waals surface area contributed by atoms with Gasteiger partial charge < -0.3 is 10.2 Å². The van der Waals surface area contributed by atoms with Crippen LogP contribution in [0.2, 0.25) is 0 Å². The molecule has 0 aromatic heterocycles. The fraction of sp³-hybridized carbons (Fsp3) is 0.529. The van der Waals surface area contributed by atoms with Crippen molar-refractivity contribution in [3.05, 3.63) is 29.3 Å². The van der Waals surface area contributed by atoms with Crippen LogP contribution in [-0.2, 0) is 11.2 Å². The summed E-state index contributed by atoms with van der Waals surface area (Å²) in [7, 11) is 0. The van der Waals surface area contributed by atoms with Crippen molar-refractivity contribution in [3.63, 3.8) is 0 Å². The van der Waals surface area contributed by atoms with E-state index in [-0.39, 0.29) is 24.2 Å². The van der Waals surface area contributed by atoms with Crippen LogP contribution in [0.25, 0.3) is 0 Å². The molecule has 23 heavy (non-hydrogen) atoms. The molecule has 2 aliphatic rings. The molecule has 6 heteroatoms. The maximum Gasteiger partial charge on any atom is 0.253 e. The first-order valence-electron chi connectivity index (χ1n) is 7.97. The Morgan fingerprint density at radius 3 is 2.57 bits per heavy atom. The molecule has 2 aliphatic heterocycles. The number of halogens is 1. The van der Waals surface area contributed by atoms with Gasteiger partial charge in [0, 0.05) is 44.0 Å². The molecule has 2 amide bonds. The zero-order valence-electron chi connectivity index (χ0n) is 13.7. The molecule has 0 aliphatic carbocycles. The van der Waals surface area contributed by atoms with Crippen molar-refractivity contribution in [2.75, 3.05) is 38.0 Å². The number of nitrogens with zero attached hydrogens (tertiary/aromatic N) is 2. The van der Waals surface area contributed by atoms with Crippen LogP contribution >= 0.6 is 12.4 Å². The van der Waals surface area contributed by atoms with Gasteiger partial charge in [0.25, 0.3) is 5.91 Å². The SMILES string of the molecule is CC(C)CN1CCN(C(=O)c2ccc3c(c2)CC(=O)N3)CC1.Cl. The summed E-state index contributed by atoms with van der Waals surface area (Å²) in [6.45, 7) is 8.97. The van der Waals surface area contributed by atoms with Crippen LogP contribution in [0.4, 0.5) is 5.69 Å². The molecule has 0 saturated carbocycles. The standard InChI is InChI=1S/C17H23N3O2.ClH/c1-12(2)11-19-5-7-20(8-6-19)17(22)13-3-4-15-14(9-13)10-16(21)18-15;/h3-4,9,12H,5-8,10-11H2,1-2H3,(H,18,21);1H. The minimum Gasteiger partial charge on any atom is -0.336 e. The van der Waals surface area contributed by atoms with Gasteiger partial charge in [-0.15, -0.1) is 12.4 Å². The molecule has 1 fully saturated rings. The lowest BCUT2D eigenvalue weighted by Crippen LogP contribution is -2.49. The Hall–Kier alpha value is -1.59. The molecule has 126 valence electrons. The second-order valence-corrected chi connectivity index (χ2v) is 6.58. The highest BCUT2D eigenvalue weighted by Crippen LogP contribution is 2.24. The van der Waals surface area contributed by atoms with Gasteiger partial charge in [0.15, 0.2) is 0 Å². The summed E-state index contributed by atoms with van der Waals surface area (Å²) in [5.74, 6) is 0.734. The van der Waals surface area contributed by atoms with Gasteiger partial charge in [-0.2, -0.15) is 0 Å². The van der Waals surface area contributed by atoms with Crippen molar-refractivity contribution in [2.24, 2.45) is 5.92 Å². The lowest BCUT2D eigenvalue weighted by molar-refractivity contribution is -0.115. The van der Waals surface area contributed by atoms with Crippen molar-refractivity contribution in [1.29, 1.82) is 0 Å². The molecule has 0 radical (unpaired) electrons. The second kappa shape index (κ2) is 7.32. The maximum absolute atomic E-state index is 12.6. The van der Waals surface area contributed by atoms with Crippen molar-refractivity contribution in [3.8, 4) is 0 Å². The predicted octanol–water partition coefficient (Wildman–Crippen LogP) is 2.02. The lowest BCUT2D eigenvalue weighted by atomic mass is 10.1. The second-order valence-electron chi connectivity index (χ2n) is 6.58. The van der Waals surface area contributed by atoms with E-state index >= 15 is 0 Å². The van der Waals surface area contributed by atoms with Crippen molar-refractivity contribution in [2.45, 2.75) is 20.3 Å². The van der Waals surface area contributed by atoms with Crippen molar-refractivity contribution >= 4 is 29.9 Å². The topological polar surface area (TPSA) is 52.7 Å². The highest BCUT2D eigenvalue weighted by molar-refractivity contribution is 6.01. The van der Waals surface area contributed by atoms with E-state index in [0.717, 1.165) is 44.0 Å². The number of anilines is 1. The van der Waals surface area contributed by atoms with E-state index in [1.807, 2.05) is 23.1 Å². The van der Waals surface area contributed by atoms with Gasteiger partial charge in [0.1, 0.15) is 0 Å². The summed E-state index contributed by atoms with van der Waals surface area (Å²) in [4.78, 5) is 28.3. The molecule has 1 aromatic carbocycles. The average molecular weight is 338 g/mol. The monoisotopic (exact) mass is 337 g/mol. The van der Waals surface area contributed by atoms with Gasteiger partial charge in [-0.05, 0) is 29.7 Å². The van der Waals surface area contributed by atoms with Gasteiger partial charge in [-0.1, -0.05) is 13.8 Å². The number of amides is 2. The number of nitrogens with one attached hydrogen (secondary N) is 1. The number of rotatable bonds is 3. The average Bonchev–Trinajstić information content (AvgIpc) is 2.85. The number of piperazine rings is 1. The normalized spacial score (nSPS) is 17.7. The third kappa shape index (κ3) is 4.03. The van der Waals surface area contributed by atoms with E-state index in [1.165, 1.54) is 0 Å². The van der Waals surface area contributed by atoms with Crippen molar-refractivity contribution < 1.29 is 9.59 Å². The fourth-order valence-corrected chi connectivity index (χ4v) is 3.19. The van der Waals surface area contributed by atoms with E-state index in [0.29, 0.717) is 17.9 Å². The molecule has 1 aromatic rings. The number of carbonyl (C=O) groups excluding carboxylic acids is 2. The third-order valence-electron chi connectivity index (χ3n) is 4.26. The van der Waals surface area contributed by atoms with Crippen LogP contribution < -0.4 is 5.32 Å². The van der Waals surface area contributed by atoms with Crippen LogP contribution in [0, 0.1) is 5.92 Å². The third-order valence-corrected chi connectivity index (χ3v) is 4.26. The molecule has 0 bridgehead atoms. The maximum atomic E-state index is 12.6. The summed E-state index contributed by atoms with van der Waals surface area (Å²) >= 11 is 0. The molecule has 5 nitrogen and oxygen atoms in total. The van der Waals surface area contributed by atoms with Crippen LogP contribution in [0.1, 0.15) is 29.8 Å². The van der Waals surface area contributed by atoms with E-state index in [2.05, 4.69) is 24.1 Å². The Balaban J connectivity index is 0.00000192. The van der Waals surface area contributed by atoms with E-state index in [1.54, 1.807) is 0 Å². The zero-order valence-corrected chi connectivity index (χ0v) is 14.5. The Bertz CT molecular complexity index is 596. The Kier molecular flexibility index (Phi) is 5.65. The van der Waals surface area contributed by atoms with Gasteiger partial charge in [-0.25, -0.2) is 0 Å². The minimum atomic E-state index is 0. The van der Waals surface area contributed by atoms with Crippen LogP contribution in [0.15, 0.2) is 18.2 Å². The first-order chi connectivity index (χ1) is 10.5. The minimum absolute atomic E-state index is 0. The number of hydrogen-bond acceptors (Lipinski definition) is 3. The smallest absolute Gasteiger partial charge is 0.253 e. The highest BCUT2D eigenvalue weighted by Gasteiger charge is 2.24. The van der Waals surface area contributed by atoms with Gasteiger partial charge >= 0.3 is 0 Å². The first-order valence-corrected chi connectivity index (χ1v) is 7.97. The van der Waals surface area contributed by atoms with Crippen LogP contribution in [-0.4, -0.2) is 54.3 Å². The molecule has 3 rings (SSSR count).